The largest absolute Gasteiger partial charge is 0.497 e. The first-order valence-electron chi connectivity index (χ1n) is 7.98. The topological polar surface area (TPSA) is 67.0 Å². The Kier molecular flexibility index (Phi) is 3.61. The first-order chi connectivity index (χ1) is 12.2. The molecule has 0 saturated carbocycles. The van der Waals surface area contributed by atoms with E-state index >= 15 is 0 Å². The summed E-state index contributed by atoms with van der Waals surface area (Å²) < 4.78 is 5.26. The molecule has 2 N–H and O–H groups in total. The molecule has 2 heterocycles. The number of aromatic nitrogens is 2. The molecule has 4 rings (SSSR count). The Hall–Kier alpha value is -3.34. The fourth-order valence-electron chi connectivity index (χ4n) is 2.99. The van der Waals surface area contributed by atoms with Crippen molar-refractivity contribution in [3.63, 3.8) is 0 Å². The Morgan fingerprint density at radius 3 is 2.88 bits per heavy atom. The molecular weight excluding hydrogens is 314 g/mol. The zero-order valence-corrected chi connectivity index (χ0v) is 14.0. The van der Waals surface area contributed by atoms with E-state index in [1.165, 1.54) is 0 Å². The van der Waals surface area contributed by atoms with E-state index in [0.717, 1.165) is 33.2 Å². The van der Waals surface area contributed by atoms with Crippen LogP contribution in [0.15, 0.2) is 54.7 Å². The molecule has 0 spiro atoms. The third-order valence-corrected chi connectivity index (χ3v) is 4.30. The molecule has 0 aliphatic carbocycles. The number of carbonyl (C=O) groups is 1. The molecule has 0 atom stereocenters. The molecule has 25 heavy (non-hydrogen) atoms. The summed E-state index contributed by atoms with van der Waals surface area (Å²) in [6, 6.07) is 15.2. The first-order valence-corrected chi connectivity index (χ1v) is 7.98. The van der Waals surface area contributed by atoms with Crippen LogP contribution in [0.3, 0.4) is 0 Å². The number of rotatable bonds is 3. The van der Waals surface area contributed by atoms with Gasteiger partial charge in [0.2, 0.25) is 0 Å². The molecule has 1 amide bonds. The van der Waals surface area contributed by atoms with E-state index in [1.807, 2.05) is 61.7 Å². The van der Waals surface area contributed by atoms with Crippen molar-refractivity contribution < 1.29 is 9.53 Å². The summed E-state index contributed by atoms with van der Waals surface area (Å²) in [7, 11) is 1.62. The van der Waals surface area contributed by atoms with Crippen LogP contribution >= 0.6 is 0 Å². The fourth-order valence-corrected chi connectivity index (χ4v) is 2.99. The van der Waals surface area contributed by atoms with Crippen molar-refractivity contribution in [3.8, 4) is 5.75 Å². The van der Waals surface area contributed by atoms with Gasteiger partial charge in [-0.25, -0.2) is 0 Å². The molecule has 0 aliphatic rings. The fraction of sp³-hybridized carbons (Fsp3) is 0.100. The number of ether oxygens (including phenoxy) is 1. The van der Waals surface area contributed by atoms with Gasteiger partial charge in [-0.3, -0.25) is 9.78 Å². The van der Waals surface area contributed by atoms with Crippen LogP contribution in [0.1, 0.15) is 16.1 Å². The average Bonchev–Trinajstić information content (AvgIpc) is 3.10. The average molecular weight is 331 g/mol. The molecular formula is C20H17N3O2. The Morgan fingerprint density at radius 1 is 1.16 bits per heavy atom. The second-order valence-electron chi connectivity index (χ2n) is 5.88. The zero-order valence-electron chi connectivity index (χ0n) is 14.0. The lowest BCUT2D eigenvalue weighted by Crippen LogP contribution is -2.14. The standard InChI is InChI=1S/C20H17N3O2/c1-12-16(11-13-10-14(25-2)6-7-17(13)22-12)20(24)23-19-5-3-4-18-15(19)8-9-21-18/h3-11,21H,1-2H3,(H,23,24). The quantitative estimate of drug-likeness (QED) is 0.588. The maximum atomic E-state index is 12.8. The number of carbonyl (C=O) groups excluding carboxylic acids is 1. The number of aryl methyl sites for hydroxylation is 1. The number of anilines is 1. The number of amides is 1. The summed E-state index contributed by atoms with van der Waals surface area (Å²) in [5.41, 5.74) is 3.83. The Bertz CT molecular complexity index is 1100. The minimum absolute atomic E-state index is 0.177. The van der Waals surface area contributed by atoms with Gasteiger partial charge in [-0.1, -0.05) is 6.07 Å². The van der Waals surface area contributed by atoms with E-state index in [4.69, 9.17) is 4.74 Å². The van der Waals surface area contributed by atoms with Crippen molar-refractivity contribution in [1.29, 1.82) is 0 Å². The molecule has 0 aliphatic heterocycles. The molecule has 124 valence electrons. The summed E-state index contributed by atoms with van der Waals surface area (Å²) in [6.45, 7) is 1.84. The van der Waals surface area contributed by atoms with Gasteiger partial charge in [0, 0.05) is 22.5 Å². The third kappa shape index (κ3) is 2.70. The van der Waals surface area contributed by atoms with Gasteiger partial charge < -0.3 is 15.0 Å². The molecule has 0 saturated heterocycles. The predicted molar refractivity (Wildman–Crippen MR) is 99.3 cm³/mol. The summed E-state index contributed by atoms with van der Waals surface area (Å²) in [5, 5.41) is 4.84. The number of hydrogen-bond donors (Lipinski definition) is 2. The van der Waals surface area contributed by atoms with Gasteiger partial charge in [0.25, 0.3) is 5.91 Å². The Labute approximate surface area is 144 Å². The second-order valence-corrected chi connectivity index (χ2v) is 5.88. The maximum absolute atomic E-state index is 12.8. The van der Waals surface area contributed by atoms with Crippen LogP contribution < -0.4 is 10.1 Å². The molecule has 2 aromatic carbocycles. The summed E-state index contributed by atoms with van der Waals surface area (Å²) in [4.78, 5) is 20.5. The molecule has 0 radical (unpaired) electrons. The second kappa shape index (κ2) is 5.94. The van der Waals surface area contributed by atoms with E-state index < -0.39 is 0 Å². The van der Waals surface area contributed by atoms with Gasteiger partial charge in [0.1, 0.15) is 5.75 Å². The van der Waals surface area contributed by atoms with Crippen LogP contribution in [0.2, 0.25) is 0 Å². The van der Waals surface area contributed by atoms with Crippen LogP contribution in [0.25, 0.3) is 21.8 Å². The number of benzene rings is 2. The van der Waals surface area contributed by atoms with Crippen molar-refractivity contribution >= 4 is 33.4 Å². The number of fused-ring (bicyclic) bond motifs is 2. The van der Waals surface area contributed by atoms with Crippen molar-refractivity contribution in [2.45, 2.75) is 6.92 Å². The van der Waals surface area contributed by atoms with E-state index in [1.54, 1.807) is 7.11 Å². The SMILES string of the molecule is COc1ccc2nc(C)c(C(=O)Nc3cccc4[nH]ccc34)cc2c1. The molecule has 0 fully saturated rings. The normalized spacial score (nSPS) is 11.0. The van der Waals surface area contributed by atoms with Crippen LogP contribution in [0, 0.1) is 6.92 Å². The van der Waals surface area contributed by atoms with Crippen molar-refractivity contribution in [2.24, 2.45) is 0 Å². The number of aromatic amines is 1. The monoisotopic (exact) mass is 331 g/mol. The van der Waals surface area contributed by atoms with Gasteiger partial charge in [-0.05, 0) is 49.4 Å². The summed E-state index contributed by atoms with van der Waals surface area (Å²) in [5.74, 6) is 0.560. The number of methoxy groups -OCH3 is 1. The van der Waals surface area contributed by atoms with Gasteiger partial charge in [0.15, 0.2) is 0 Å². The van der Waals surface area contributed by atoms with Crippen molar-refractivity contribution in [1.82, 2.24) is 9.97 Å². The molecule has 0 bridgehead atoms. The third-order valence-electron chi connectivity index (χ3n) is 4.30. The van der Waals surface area contributed by atoms with E-state index in [9.17, 15) is 4.79 Å². The molecule has 4 aromatic rings. The zero-order chi connectivity index (χ0) is 17.4. The van der Waals surface area contributed by atoms with E-state index in [0.29, 0.717) is 11.3 Å². The first kappa shape index (κ1) is 15.2. The van der Waals surface area contributed by atoms with Gasteiger partial charge in [0.05, 0.1) is 29.6 Å². The Morgan fingerprint density at radius 2 is 2.04 bits per heavy atom. The summed E-state index contributed by atoms with van der Waals surface area (Å²) in [6.07, 6.45) is 1.86. The predicted octanol–water partition coefficient (Wildman–Crippen LogP) is 4.29. The van der Waals surface area contributed by atoms with Crippen LogP contribution in [0.5, 0.6) is 5.75 Å². The molecule has 2 aromatic heterocycles. The lowest BCUT2D eigenvalue weighted by molar-refractivity contribution is 0.102. The molecule has 5 nitrogen and oxygen atoms in total. The van der Waals surface area contributed by atoms with Crippen LogP contribution in [-0.4, -0.2) is 23.0 Å². The van der Waals surface area contributed by atoms with E-state index in [2.05, 4.69) is 15.3 Å². The lowest BCUT2D eigenvalue weighted by atomic mass is 10.1. The number of H-pyrrole nitrogens is 1. The molecule has 0 unspecified atom stereocenters. The van der Waals surface area contributed by atoms with Gasteiger partial charge >= 0.3 is 0 Å². The number of pyridine rings is 1. The molecule has 5 heteroatoms. The minimum Gasteiger partial charge on any atom is -0.497 e. The van der Waals surface area contributed by atoms with Crippen LogP contribution in [-0.2, 0) is 0 Å². The van der Waals surface area contributed by atoms with Crippen molar-refractivity contribution in [2.75, 3.05) is 12.4 Å². The van der Waals surface area contributed by atoms with Crippen LogP contribution in [0.4, 0.5) is 5.69 Å². The summed E-state index contributed by atoms with van der Waals surface area (Å²) >= 11 is 0. The van der Waals surface area contributed by atoms with Crippen molar-refractivity contribution in [3.05, 3.63) is 66.0 Å². The number of nitrogens with one attached hydrogen (secondary N) is 2. The Balaban J connectivity index is 1.74. The highest BCUT2D eigenvalue weighted by Gasteiger charge is 2.14. The highest BCUT2D eigenvalue weighted by atomic mass is 16.5. The number of nitrogens with zero attached hydrogens (tertiary/aromatic N) is 1. The number of hydrogen-bond acceptors (Lipinski definition) is 3. The van der Waals surface area contributed by atoms with Gasteiger partial charge in [-0.2, -0.15) is 0 Å². The van der Waals surface area contributed by atoms with Gasteiger partial charge in [-0.15, -0.1) is 0 Å². The van der Waals surface area contributed by atoms with E-state index in [-0.39, 0.29) is 5.91 Å². The maximum Gasteiger partial charge on any atom is 0.257 e. The lowest BCUT2D eigenvalue weighted by Gasteiger charge is -2.10. The smallest absolute Gasteiger partial charge is 0.257 e. The highest BCUT2D eigenvalue weighted by molar-refractivity contribution is 6.10. The highest BCUT2D eigenvalue weighted by Crippen LogP contribution is 2.25. The minimum atomic E-state index is -0.177.